The van der Waals surface area contributed by atoms with E-state index in [2.05, 4.69) is 19.9 Å². The van der Waals surface area contributed by atoms with Gasteiger partial charge in [0.25, 0.3) is 15.9 Å². The van der Waals surface area contributed by atoms with E-state index in [-0.39, 0.29) is 27.2 Å². The van der Waals surface area contributed by atoms with Gasteiger partial charge in [-0.3, -0.25) is 19.6 Å². The molecule has 0 spiro atoms. The van der Waals surface area contributed by atoms with Crippen LogP contribution in [0.5, 0.6) is 0 Å². The van der Waals surface area contributed by atoms with Crippen LogP contribution in [-0.2, 0) is 10.0 Å². The maximum Gasteiger partial charge on any atom is 0.267 e. The molecule has 2 heterocycles. The fourth-order valence-corrected chi connectivity index (χ4v) is 4.70. The van der Waals surface area contributed by atoms with Gasteiger partial charge in [-0.15, -0.1) is 0 Å². The lowest BCUT2D eigenvalue weighted by atomic mass is 10.0. The number of sulfonamides is 1. The number of pyridine rings is 1. The number of aromatic amines is 1. The Balaban J connectivity index is 1.83. The molecule has 0 saturated carbocycles. The molecule has 2 aromatic carbocycles. The zero-order valence-corrected chi connectivity index (χ0v) is 18.0. The van der Waals surface area contributed by atoms with Gasteiger partial charge in [-0.1, -0.05) is 6.07 Å². The number of aromatic nitrogens is 3. The summed E-state index contributed by atoms with van der Waals surface area (Å²) in [6.07, 6.45) is 0. The summed E-state index contributed by atoms with van der Waals surface area (Å²) in [6, 6.07) is 6.76. The molecule has 1 amide bonds. The third-order valence-electron chi connectivity index (χ3n) is 4.98. The minimum absolute atomic E-state index is 0.0313. The molecule has 4 aromatic rings. The van der Waals surface area contributed by atoms with Crippen molar-refractivity contribution in [1.29, 1.82) is 0 Å². The molecular formula is C21H16F3N5O3S. The second-order valence-electron chi connectivity index (χ2n) is 7.21. The van der Waals surface area contributed by atoms with Crippen LogP contribution in [0.1, 0.15) is 21.9 Å². The number of nitrogens with zero attached hydrogens (tertiary/aromatic N) is 2. The summed E-state index contributed by atoms with van der Waals surface area (Å²) in [5.74, 6) is -4.47. The summed E-state index contributed by atoms with van der Waals surface area (Å²) in [4.78, 5) is 15.3. The SMILES string of the molecule is Cc1ccc(S(=O)(=O)Nc2ccc(F)c(-c3ccc4c(C(N)=O)[nH]nc4c3F)c2F)c(C)n1. The van der Waals surface area contributed by atoms with Crippen LogP contribution < -0.4 is 10.5 Å². The standard InChI is InChI=1S/C21H16F3N5O3S/c1-9-3-8-15(10(2)26-9)33(31,32)29-14-7-6-13(22)16(18(14)24)11-4-5-12-19(17(11)23)27-28-20(12)21(25)30/h3-8,29H,1-2H3,(H2,25,30)(H,27,28). The van der Waals surface area contributed by atoms with E-state index in [1.807, 2.05) is 0 Å². The summed E-state index contributed by atoms with van der Waals surface area (Å²) in [5, 5.41) is 5.97. The number of anilines is 1. The van der Waals surface area contributed by atoms with Crippen molar-refractivity contribution in [3.8, 4) is 11.1 Å². The normalized spacial score (nSPS) is 11.7. The number of hydrogen-bond acceptors (Lipinski definition) is 5. The van der Waals surface area contributed by atoms with E-state index in [0.717, 1.165) is 18.2 Å². The first-order valence-electron chi connectivity index (χ1n) is 9.43. The minimum atomic E-state index is -4.28. The van der Waals surface area contributed by atoms with E-state index < -0.39 is 50.2 Å². The highest BCUT2D eigenvalue weighted by atomic mass is 32.2. The topological polar surface area (TPSA) is 131 Å². The lowest BCUT2D eigenvalue weighted by molar-refractivity contribution is 0.0997. The fourth-order valence-electron chi connectivity index (χ4n) is 3.46. The third kappa shape index (κ3) is 3.78. The van der Waals surface area contributed by atoms with Gasteiger partial charge in [0.2, 0.25) is 0 Å². The highest BCUT2D eigenvalue weighted by Gasteiger charge is 2.25. The molecular weight excluding hydrogens is 459 g/mol. The first kappa shape index (κ1) is 22.3. The predicted molar refractivity (Wildman–Crippen MR) is 114 cm³/mol. The van der Waals surface area contributed by atoms with Crippen LogP contribution in [0.2, 0.25) is 0 Å². The summed E-state index contributed by atoms with van der Waals surface area (Å²) in [7, 11) is -4.28. The quantitative estimate of drug-likeness (QED) is 0.406. The molecule has 0 aliphatic carbocycles. The highest BCUT2D eigenvalue weighted by molar-refractivity contribution is 7.92. The van der Waals surface area contributed by atoms with Crippen LogP contribution in [0.15, 0.2) is 41.3 Å². The molecule has 170 valence electrons. The number of halogens is 3. The van der Waals surface area contributed by atoms with Crippen molar-refractivity contribution in [2.24, 2.45) is 5.73 Å². The number of rotatable bonds is 5. The van der Waals surface area contributed by atoms with Crippen LogP contribution in [0.4, 0.5) is 18.9 Å². The molecule has 33 heavy (non-hydrogen) atoms. The number of H-pyrrole nitrogens is 1. The summed E-state index contributed by atoms with van der Waals surface area (Å²) < 4.78 is 72.6. The molecule has 4 rings (SSSR count). The Labute approximate surface area is 185 Å². The van der Waals surface area contributed by atoms with Crippen molar-refractivity contribution < 1.29 is 26.4 Å². The average Bonchev–Trinajstić information content (AvgIpc) is 3.17. The number of carbonyl (C=O) groups excluding carboxylic acids is 1. The first-order valence-corrected chi connectivity index (χ1v) is 10.9. The fraction of sp³-hybridized carbons (Fsp3) is 0.0952. The number of nitrogens with two attached hydrogens (primary N) is 1. The van der Waals surface area contributed by atoms with Crippen LogP contribution in [0, 0.1) is 31.3 Å². The molecule has 0 atom stereocenters. The number of amides is 1. The highest BCUT2D eigenvalue weighted by Crippen LogP contribution is 2.36. The maximum atomic E-state index is 15.3. The van der Waals surface area contributed by atoms with Crippen molar-refractivity contribution in [1.82, 2.24) is 15.2 Å². The number of aryl methyl sites for hydroxylation is 2. The molecule has 0 bridgehead atoms. The van der Waals surface area contributed by atoms with Crippen LogP contribution in [0.3, 0.4) is 0 Å². The second kappa shape index (κ2) is 7.89. The van der Waals surface area contributed by atoms with Gasteiger partial charge in [0.15, 0.2) is 11.6 Å². The summed E-state index contributed by atoms with van der Waals surface area (Å²) in [6.45, 7) is 3.16. The molecule has 2 aromatic heterocycles. The van der Waals surface area contributed by atoms with E-state index in [1.165, 1.54) is 25.1 Å². The number of hydrogen-bond donors (Lipinski definition) is 3. The van der Waals surface area contributed by atoms with Crippen LogP contribution >= 0.6 is 0 Å². The predicted octanol–water partition coefficient (Wildman–Crippen LogP) is 3.56. The molecule has 0 saturated heterocycles. The van der Waals surface area contributed by atoms with Gasteiger partial charge in [-0.25, -0.2) is 21.6 Å². The monoisotopic (exact) mass is 475 g/mol. The lowest BCUT2D eigenvalue weighted by Gasteiger charge is -2.14. The Kier molecular flexibility index (Phi) is 5.32. The summed E-state index contributed by atoms with van der Waals surface area (Å²) >= 11 is 0. The Hall–Kier alpha value is -3.93. The Morgan fingerprint density at radius 1 is 1.03 bits per heavy atom. The average molecular weight is 475 g/mol. The third-order valence-corrected chi connectivity index (χ3v) is 6.48. The number of benzene rings is 2. The van der Waals surface area contributed by atoms with Gasteiger partial charge >= 0.3 is 0 Å². The smallest absolute Gasteiger partial charge is 0.267 e. The van der Waals surface area contributed by atoms with Gasteiger partial charge < -0.3 is 5.73 Å². The van der Waals surface area contributed by atoms with Gasteiger partial charge in [-0.2, -0.15) is 5.10 Å². The van der Waals surface area contributed by atoms with Crippen LogP contribution in [-0.4, -0.2) is 29.5 Å². The molecule has 0 aliphatic heterocycles. The van der Waals surface area contributed by atoms with E-state index >= 15 is 8.78 Å². The molecule has 8 nitrogen and oxygen atoms in total. The number of fused-ring (bicyclic) bond motifs is 1. The van der Waals surface area contributed by atoms with Crippen molar-refractivity contribution in [2.45, 2.75) is 18.7 Å². The van der Waals surface area contributed by atoms with E-state index in [4.69, 9.17) is 5.73 Å². The van der Waals surface area contributed by atoms with E-state index in [9.17, 15) is 17.6 Å². The minimum Gasteiger partial charge on any atom is -0.364 e. The Morgan fingerprint density at radius 3 is 2.42 bits per heavy atom. The van der Waals surface area contributed by atoms with E-state index in [1.54, 1.807) is 6.92 Å². The molecule has 0 fully saturated rings. The molecule has 12 heteroatoms. The molecule has 0 unspecified atom stereocenters. The number of primary amides is 1. The van der Waals surface area contributed by atoms with Crippen molar-refractivity contribution in [2.75, 3.05) is 4.72 Å². The molecule has 4 N–H and O–H groups in total. The molecule has 0 radical (unpaired) electrons. The number of carbonyl (C=O) groups is 1. The first-order chi connectivity index (χ1) is 15.5. The lowest BCUT2D eigenvalue weighted by Crippen LogP contribution is -2.16. The second-order valence-corrected chi connectivity index (χ2v) is 8.86. The van der Waals surface area contributed by atoms with Crippen molar-refractivity contribution >= 4 is 32.5 Å². The number of nitrogens with one attached hydrogen (secondary N) is 2. The zero-order valence-electron chi connectivity index (χ0n) is 17.2. The van der Waals surface area contributed by atoms with Crippen molar-refractivity contribution in [3.63, 3.8) is 0 Å². The zero-order chi connectivity index (χ0) is 24.1. The van der Waals surface area contributed by atoms with Gasteiger partial charge in [0, 0.05) is 16.6 Å². The van der Waals surface area contributed by atoms with Gasteiger partial charge in [0.05, 0.1) is 16.9 Å². The summed E-state index contributed by atoms with van der Waals surface area (Å²) in [5.41, 5.74) is 3.53. The van der Waals surface area contributed by atoms with Crippen molar-refractivity contribution in [3.05, 3.63) is 70.9 Å². The maximum absolute atomic E-state index is 15.3. The van der Waals surface area contributed by atoms with Gasteiger partial charge in [0.1, 0.15) is 21.9 Å². The Morgan fingerprint density at radius 2 is 1.76 bits per heavy atom. The molecule has 0 aliphatic rings. The van der Waals surface area contributed by atoms with Crippen LogP contribution in [0.25, 0.3) is 22.0 Å². The Bertz CT molecular complexity index is 1550. The van der Waals surface area contributed by atoms with E-state index in [0.29, 0.717) is 5.69 Å². The van der Waals surface area contributed by atoms with Gasteiger partial charge in [-0.05, 0) is 44.2 Å². The largest absolute Gasteiger partial charge is 0.364 e.